The fourth-order valence-electron chi connectivity index (χ4n) is 9.86. The van der Waals surface area contributed by atoms with Crippen molar-refractivity contribution in [2.45, 2.75) is 69.2 Å². The van der Waals surface area contributed by atoms with Crippen molar-refractivity contribution in [3.8, 4) is 23.0 Å². The molecule has 1 amide bonds. The van der Waals surface area contributed by atoms with Gasteiger partial charge in [0, 0.05) is 31.1 Å². The number of carbonyl (C=O) groups is 2. The molecular weight excluding hydrogens is 777 g/mol. The number of methoxy groups -OCH3 is 2. The van der Waals surface area contributed by atoms with Gasteiger partial charge in [-0.25, -0.2) is 4.79 Å². The van der Waals surface area contributed by atoms with Crippen molar-refractivity contribution in [2.24, 2.45) is 22.9 Å². The second-order valence-corrected chi connectivity index (χ2v) is 15.8. The van der Waals surface area contributed by atoms with E-state index in [4.69, 9.17) is 28.5 Å². The highest BCUT2D eigenvalue weighted by atomic mass is 16.7. The van der Waals surface area contributed by atoms with Crippen molar-refractivity contribution in [3.05, 3.63) is 120 Å². The van der Waals surface area contributed by atoms with Crippen LogP contribution in [0.1, 0.15) is 72.3 Å². The molecule has 0 saturated heterocycles. The van der Waals surface area contributed by atoms with Gasteiger partial charge < -0.3 is 38.7 Å². The Labute approximate surface area is 357 Å². The van der Waals surface area contributed by atoms with Gasteiger partial charge in [-0.05, 0) is 95.8 Å². The molecule has 6 atom stereocenters. The van der Waals surface area contributed by atoms with E-state index in [9.17, 15) is 19.8 Å². The molecule has 1 aliphatic heterocycles. The highest BCUT2D eigenvalue weighted by Gasteiger charge is 2.65. The molecule has 322 valence electrons. The van der Waals surface area contributed by atoms with Crippen LogP contribution in [0.15, 0.2) is 108 Å². The van der Waals surface area contributed by atoms with Crippen molar-refractivity contribution in [2.75, 3.05) is 41.2 Å². The zero-order chi connectivity index (χ0) is 42.9. The van der Waals surface area contributed by atoms with Gasteiger partial charge in [-0.15, -0.1) is 6.58 Å². The van der Waals surface area contributed by atoms with Crippen LogP contribution < -0.4 is 14.2 Å². The zero-order valence-electron chi connectivity index (χ0n) is 35.2. The van der Waals surface area contributed by atoms with Crippen LogP contribution in [0.25, 0.3) is 10.8 Å². The first-order chi connectivity index (χ1) is 29.8. The van der Waals surface area contributed by atoms with E-state index in [0.29, 0.717) is 47.1 Å². The highest BCUT2D eigenvalue weighted by Crippen LogP contribution is 2.62. The van der Waals surface area contributed by atoms with Crippen LogP contribution in [-0.2, 0) is 20.9 Å². The molecule has 1 heterocycles. The molecule has 2 aliphatic carbocycles. The topological polar surface area (TPSA) is 146 Å². The number of ether oxygens (including phenoxy) is 5. The summed E-state index contributed by atoms with van der Waals surface area (Å²) in [5.41, 5.74) is 3.77. The number of amides is 1. The van der Waals surface area contributed by atoms with Gasteiger partial charge in [0.1, 0.15) is 36.1 Å². The van der Waals surface area contributed by atoms with E-state index in [2.05, 4.69) is 17.8 Å². The summed E-state index contributed by atoms with van der Waals surface area (Å²) < 4.78 is 31.8. The molecule has 61 heavy (non-hydrogen) atoms. The summed E-state index contributed by atoms with van der Waals surface area (Å²) in [4.78, 5) is 33.6. The average Bonchev–Trinajstić information content (AvgIpc) is 3.29. The smallest absolute Gasteiger partial charge is 0.410 e. The van der Waals surface area contributed by atoms with Gasteiger partial charge in [-0.1, -0.05) is 72.6 Å². The average molecular weight is 833 g/mol. The molecule has 1 saturated carbocycles. The van der Waals surface area contributed by atoms with Gasteiger partial charge in [0.05, 0.1) is 44.6 Å². The predicted octanol–water partition coefficient (Wildman–Crippen LogP) is 8.99. The number of nitrogens with zero attached hydrogens (tertiary/aromatic N) is 2. The van der Waals surface area contributed by atoms with Crippen molar-refractivity contribution in [1.29, 1.82) is 0 Å². The Morgan fingerprint density at radius 2 is 1.70 bits per heavy atom. The van der Waals surface area contributed by atoms with Crippen LogP contribution in [0.4, 0.5) is 4.79 Å². The molecule has 0 bridgehead atoms. The minimum absolute atomic E-state index is 0.0124. The second-order valence-electron chi connectivity index (χ2n) is 15.8. The third-order valence-corrected chi connectivity index (χ3v) is 12.4. The number of unbranched alkanes of at least 4 members (excludes halogenated alkanes) is 2. The molecule has 0 radical (unpaired) electrons. The summed E-state index contributed by atoms with van der Waals surface area (Å²) in [6, 6.07) is 24.2. The number of aliphatic hydroxyl groups is 2. The number of rotatable bonds is 19. The van der Waals surface area contributed by atoms with Gasteiger partial charge in [0.25, 0.3) is 0 Å². The quantitative estimate of drug-likeness (QED) is 0.0407. The normalized spacial score (nSPS) is 23.2. The Bertz CT molecular complexity index is 2250. The lowest BCUT2D eigenvalue weighted by atomic mass is 9.55. The van der Waals surface area contributed by atoms with Crippen molar-refractivity contribution in [3.63, 3.8) is 0 Å². The van der Waals surface area contributed by atoms with E-state index in [0.717, 1.165) is 59.4 Å². The number of allylic oxidation sites excluding steroid dienone is 1. The van der Waals surface area contributed by atoms with Crippen LogP contribution in [0.2, 0.25) is 0 Å². The van der Waals surface area contributed by atoms with Gasteiger partial charge >= 0.3 is 6.09 Å². The van der Waals surface area contributed by atoms with E-state index in [1.165, 1.54) is 21.3 Å². The minimum atomic E-state index is -1.47. The van der Waals surface area contributed by atoms with Gasteiger partial charge in [-0.2, -0.15) is 0 Å². The second kappa shape index (κ2) is 19.8. The minimum Gasteiger partial charge on any atom is -0.496 e. The van der Waals surface area contributed by atoms with Crippen LogP contribution >= 0.6 is 0 Å². The maximum absolute atomic E-state index is 14.3. The largest absolute Gasteiger partial charge is 0.496 e. The number of carbonyl (C=O) groups excluding carboxylic acids is 2. The Hall–Kier alpha value is -5.69. The predicted molar refractivity (Wildman–Crippen MR) is 232 cm³/mol. The van der Waals surface area contributed by atoms with E-state index in [-0.39, 0.29) is 50.5 Å². The molecular formula is C49H56N2O10. The molecule has 6 unspecified atom stereocenters. The molecule has 12 nitrogen and oxygen atoms in total. The first-order valence-corrected chi connectivity index (χ1v) is 21.1. The van der Waals surface area contributed by atoms with E-state index < -0.39 is 23.8 Å². The Kier molecular flexibility index (Phi) is 14.1. The number of hydrogen-bond donors (Lipinski definition) is 2. The summed E-state index contributed by atoms with van der Waals surface area (Å²) in [7, 11) is 4.42. The molecule has 1 fully saturated rings. The monoisotopic (exact) mass is 832 g/mol. The molecule has 7 rings (SSSR count). The fourth-order valence-corrected chi connectivity index (χ4v) is 9.86. The maximum atomic E-state index is 14.3. The number of aliphatic hydroxyl groups excluding tert-OH is 2. The summed E-state index contributed by atoms with van der Waals surface area (Å²) >= 11 is 0. The molecule has 4 aromatic carbocycles. The first kappa shape index (κ1) is 43.4. The number of fused-ring (bicyclic) bond motifs is 3. The molecule has 2 N–H and O–H groups in total. The summed E-state index contributed by atoms with van der Waals surface area (Å²) in [6.45, 7) is 4.49. The van der Waals surface area contributed by atoms with Gasteiger partial charge in [0.15, 0.2) is 6.29 Å². The molecule has 0 aromatic heterocycles. The van der Waals surface area contributed by atoms with E-state index >= 15 is 0 Å². The van der Waals surface area contributed by atoms with E-state index in [1.807, 2.05) is 60.7 Å². The number of aldehydes is 1. The molecule has 12 heteroatoms. The fraction of sp³-hybridized carbons (Fsp3) is 0.408. The molecule has 4 aromatic rings. The van der Waals surface area contributed by atoms with Crippen molar-refractivity contribution >= 4 is 28.9 Å². The Balaban J connectivity index is 1.44. The van der Waals surface area contributed by atoms with Crippen LogP contribution in [0.5, 0.6) is 23.0 Å². The summed E-state index contributed by atoms with van der Waals surface area (Å²) in [6.07, 6.45) is 8.85. The number of oxime groups is 1. The zero-order valence-corrected chi connectivity index (χ0v) is 35.2. The van der Waals surface area contributed by atoms with Crippen LogP contribution in [-0.4, -0.2) is 86.2 Å². The summed E-state index contributed by atoms with van der Waals surface area (Å²) in [5.74, 6) is -0.161. The lowest BCUT2D eigenvalue weighted by molar-refractivity contribution is -0.256. The maximum Gasteiger partial charge on any atom is 0.410 e. The van der Waals surface area contributed by atoms with Crippen LogP contribution in [0, 0.1) is 17.8 Å². The summed E-state index contributed by atoms with van der Waals surface area (Å²) in [5, 5.41) is 26.5. The Morgan fingerprint density at radius 3 is 2.44 bits per heavy atom. The Morgan fingerprint density at radius 1 is 0.951 bits per heavy atom. The van der Waals surface area contributed by atoms with Gasteiger partial charge in [-0.3, -0.25) is 9.69 Å². The van der Waals surface area contributed by atoms with E-state index in [1.54, 1.807) is 29.2 Å². The van der Waals surface area contributed by atoms with Crippen molar-refractivity contribution in [1.82, 2.24) is 4.90 Å². The first-order valence-electron chi connectivity index (χ1n) is 21.1. The number of hydrogen-bond acceptors (Lipinski definition) is 11. The lowest BCUT2D eigenvalue weighted by Crippen LogP contribution is -2.70. The van der Waals surface area contributed by atoms with Crippen LogP contribution in [0.3, 0.4) is 0 Å². The van der Waals surface area contributed by atoms with Crippen molar-refractivity contribution < 1.29 is 48.3 Å². The third kappa shape index (κ3) is 8.75. The lowest BCUT2D eigenvalue weighted by Gasteiger charge is -2.59. The van der Waals surface area contributed by atoms with Gasteiger partial charge in [0.2, 0.25) is 5.79 Å². The highest BCUT2D eigenvalue weighted by molar-refractivity contribution is 6.03. The SMILES string of the molecule is C=CCOC12Oc3ccc(Oc4ccc(OC)c(C=O)c4)cc3C3C(CCCCO)C(CCCCO)C=C(C(=NOC)CC1N(Cc1cccc4ccccc14)C(=O)OC)C32. The third-order valence-electron chi connectivity index (χ3n) is 12.4. The molecule has 0 spiro atoms. The standard InChI is InChI=1S/C49H56N2O10/c1-5-25-59-49-45(51(48(55)57-3)30-34-16-12-15-32-13-6-7-17-38(32)34)29-42(50-58-4)40-27-33(14-8-10-23-52)39(18-9-11-24-53)46(47(40)49)41-28-37(20-22-44(41)61-49)60-36-19-21-43(56-2)35(26-36)31-54/h5-7,12-13,15-17,19-22,26-28,31,33,39,45-47,52-53H,1,8-11,14,18,23-25,29-30H2,2-4H3. The number of benzene rings is 4. The molecule has 3 aliphatic rings.